The zero-order chi connectivity index (χ0) is 20.2. The van der Waals surface area contributed by atoms with Gasteiger partial charge in [-0.3, -0.25) is 14.2 Å². The topological polar surface area (TPSA) is 39.1 Å². The van der Waals surface area contributed by atoms with Crippen LogP contribution >= 0.6 is 0 Å². The third kappa shape index (κ3) is 3.88. The van der Waals surface area contributed by atoms with Gasteiger partial charge < -0.3 is 0 Å². The number of carbonyl (C=O) groups excluding carboxylic acids is 1. The second kappa shape index (κ2) is 8.00. The molecule has 140 valence electrons. The minimum atomic E-state index is -0.0591. The molecule has 0 bridgehead atoms. The van der Waals surface area contributed by atoms with Gasteiger partial charge in [0.2, 0.25) is 0 Å². The Bertz CT molecular complexity index is 1300. The van der Waals surface area contributed by atoms with E-state index in [1.54, 1.807) is 16.7 Å². The Hall–Kier alpha value is -3.90. The normalized spacial score (nSPS) is 10.4. The van der Waals surface area contributed by atoms with Crippen LogP contribution in [-0.2, 0) is 6.54 Å². The van der Waals surface area contributed by atoms with Gasteiger partial charge >= 0.3 is 0 Å². The zero-order valence-corrected chi connectivity index (χ0v) is 16.1. The molecule has 29 heavy (non-hydrogen) atoms. The molecular formula is C26H19NO2. The lowest BCUT2D eigenvalue weighted by molar-refractivity contribution is 0.101. The molecule has 0 saturated heterocycles. The van der Waals surface area contributed by atoms with Crippen molar-refractivity contribution in [2.45, 2.75) is 13.5 Å². The van der Waals surface area contributed by atoms with E-state index in [4.69, 9.17) is 0 Å². The van der Waals surface area contributed by atoms with Crippen LogP contribution in [-0.4, -0.2) is 10.4 Å². The Morgan fingerprint density at radius 2 is 1.59 bits per heavy atom. The molecule has 1 heterocycles. The lowest BCUT2D eigenvalue weighted by Gasteiger charge is -2.11. The molecule has 4 aromatic rings. The minimum Gasteiger partial charge on any atom is -0.296 e. The second-order valence-electron chi connectivity index (χ2n) is 6.81. The fraction of sp³-hybridized carbons (Fsp3) is 0.0769. The molecule has 0 aliphatic heterocycles. The number of fused-ring (bicyclic) bond motifs is 1. The van der Waals surface area contributed by atoms with Crippen LogP contribution in [0.5, 0.6) is 0 Å². The van der Waals surface area contributed by atoms with Gasteiger partial charge in [-0.2, -0.15) is 0 Å². The summed E-state index contributed by atoms with van der Waals surface area (Å²) in [7, 11) is 0. The summed E-state index contributed by atoms with van der Waals surface area (Å²) in [5.41, 5.74) is 3.83. The van der Waals surface area contributed by atoms with E-state index in [0.29, 0.717) is 11.1 Å². The summed E-state index contributed by atoms with van der Waals surface area (Å²) >= 11 is 0. The lowest BCUT2D eigenvalue weighted by atomic mass is 10.0. The van der Waals surface area contributed by atoms with E-state index in [1.165, 1.54) is 6.92 Å². The first-order chi connectivity index (χ1) is 14.1. The van der Waals surface area contributed by atoms with Crippen molar-refractivity contribution >= 4 is 16.7 Å². The third-order valence-electron chi connectivity index (χ3n) is 4.85. The van der Waals surface area contributed by atoms with Gasteiger partial charge in [-0.05, 0) is 42.1 Å². The largest absolute Gasteiger partial charge is 0.296 e. The number of aromatic nitrogens is 1. The number of carbonyl (C=O) groups is 1. The van der Waals surface area contributed by atoms with Gasteiger partial charge in [0, 0.05) is 16.7 Å². The number of para-hydroxylation sites is 1. The predicted molar refractivity (Wildman–Crippen MR) is 117 cm³/mol. The number of nitrogens with zero attached hydrogens (tertiary/aromatic N) is 1. The summed E-state index contributed by atoms with van der Waals surface area (Å²) < 4.78 is 1.72. The highest BCUT2D eigenvalue weighted by molar-refractivity contribution is 5.94. The van der Waals surface area contributed by atoms with Crippen molar-refractivity contribution in [3.8, 4) is 23.0 Å². The van der Waals surface area contributed by atoms with Crippen LogP contribution in [0.15, 0.2) is 89.7 Å². The van der Waals surface area contributed by atoms with Gasteiger partial charge in [0.05, 0.1) is 12.1 Å². The Morgan fingerprint density at radius 3 is 2.31 bits per heavy atom. The third-order valence-corrected chi connectivity index (χ3v) is 4.85. The molecule has 0 unspecified atom stereocenters. The Morgan fingerprint density at radius 1 is 0.897 bits per heavy atom. The number of Topliss-reactive ketones (excluding diaryl/α,β-unsaturated/α-hetero) is 1. The first-order valence-corrected chi connectivity index (χ1v) is 9.41. The molecule has 3 aromatic carbocycles. The van der Waals surface area contributed by atoms with Crippen LogP contribution in [0.1, 0.15) is 22.8 Å². The summed E-state index contributed by atoms with van der Waals surface area (Å²) in [6.07, 6.45) is 0. The highest BCUT2D eigenvalue weighted by Gasteiger charge is 2.10. The number of rotatable bonds is 3. The maximum atomic E-state index is 13.2. The Balaban J connectivity index is 1.75. The highest BCUT2D eigenvalue weighted by atomic mass is 16.1. The van der Waals surface area contributed by atoms with Crippen LogP contribution in [0.2, 0.25) is 0 Å². The van der Waals surface area contributed by atoms with E-state index in [9.17, 15) is 9.59 Å². The van der Waals surface area contributed by atoms with Gasteiger partial charge in [-0.1, -0.05) is 72.5 Å². The monoisotopic (exact) mass is 377 g/mol. The van der Waals surface area contributed by atoms with Crippen LogP contribution in [0.3, 0.4) is 0 Å². The van der Waals surface area contributed by atoms with E-state index in [-0.39, 0.29) is 17.9 Å². The summed E-state index contributed by atoms with van der Waals surface area (Å²) in [5.74, 6) is 6.22. The summed E-state index contributed by atoms with van der Waals surface area (Å²) in [5, 5.41) is 0.999. The fourth-order valence-electron chi connectivity index (χ4n) is 3.32. The van der Waals surface area contributed by atoms with Crippen molar-refractivity contribution in [1.29, 1.82) is 0 Å². The SMILES string of the molecule is CC(=O)c1ccc(C#CCn2c(=O)c(-c3ccccc3)cc3ccccc32)cc1. The molecule has 0 aliphatic rings. The summed E-state index contributed by atoms with van der Waals surface area (Å²) in [6, 6.07) is 26.6. The molecular weight excluding hydrogens is 358 g/mol. The lowest BCUT2D eigenvalue weighted by Crippen LogP contribution is -2.21. The summed E-state index contributed by atoms with van der Waals surface area (Å²) in [6.45, 7) is 1.83. The van der Waals surface area contributed by atoms with E-state index >= 15 is 0 Å². The van der Waals surface area contributed by atoms with E-state index < -0.39 is 0 Å². The Labute approximate surface area is 169 Å². The van der Waals surface area contributed by atoms with Gasteiger partial charge in [-0.25, -0.2) is 0 Å². The van der Waals surface area contributed by atoms with Crippen molar-refractivity contribution < 1.29 is 4.79 Å². The minimum absolute atomic E-state index is 0.0280. The molecule has 0 fully saturated rings. The number of hydrogen-bond acceptors (Lipinski definition) is 2. The molecule has 0 amide bonds. The highest BCUT2D eigenvalue weighted by Crippen LogP contribution is 2.20. The van der Waals surface area contributed by atoms with Crippen LogP contribution in [0, 0.1) is 11.8 Å². The molecule has 1 aromatic heterocycles. The van der Waals surface area contributed by atoms with Crippen molar-refractivity contribution in [3.63, 3.8) is 0 Å². The average molecular weight is 377 g/mol. The molecule has 0 radical (unpaired) electrons. The quantitative estimate of drug-likeness (QED) is 0.375. The van der Waals surface area contributed by atoms with Crippen LogP contribution in [0.4, 0.5) is 0 Å². The summed E-state index contributed by atoms with van der Waals surface area (Å²) in [4.78, 5) is 24.6. The van der Waals surface area contributed by atoms with Gasteiger partial charge in [0.15, 0.2) is 5.78 Å². The first-order valence-electron chi connectivity index (χ1n) is 9.41. The number of benzene rings is 3. The van der Waals surface area contributed by atoms with Gasteiger partial charge in [-0.15, -0.1) is 0 Å². The van der Waals surface area contributed by atoms with Crippen molar-refractivity contribution in [1.82, 2.24) is 4.57 Å². The van der Waals surface area contributed by atoms with Gasteiger partial charge in [0.1, 0.15) is 0 Å². The fourth-order valence-corrected chi connectivity index (χ4v) is 3.32. The first kappa shape index (κ1) is 18.5. The molecule has 0 spiro atoms. The van der Waals surface area contributed by atoms with E-state index in [0.717, 1.165) is 22.0 Å². The van der Waals surface area contributed by atoms with E-state index in [2.05, 4.69) is 11.8 Å². The van der Waals surface area contributed by atoms with Gasteiger partial charge in [0.25, 0.3) is 5.56 Å². The molecule has 0 aliphatic carbocycles. The number of hydrogen-bond donors (Lipinski definition) is 0. The Kier molecular flexibility index (Phi) is 5.09. The van der Waals surface area contributed by atoms with Crippen LogP contribution < -0.4 is 5.56 Å². The molecule has 4 rings (SSSR count). The smallest absolute Gasteiger partial charge is 0.259 e. The predicted octanol–water partition coefficient (Wildman–Crippen LogP) is 4.92. The maximum absolute atomic E-state index is 13.2. The number of pyridine rings is 1. The standard InChI is InChI=1S/C26H19NO2/c1-19(28)21-15-13-20(14-16-21)8-7-17-27-25-12-6-5-11-23(25)18-24(26(27)29)22-9-3-2-4-10-22/h2-6,9-16,18H,17H2,1H3. The molecule has 3 heteroatoms. The van der Waals surface area contributed by atoms with E-state index in [1.807, 2.05) is 72.8 Å². The molecule has 0 N–H and O–H groups in total. The van der Waals surface area contributed by atoms with Crippen molar-refractivity contribution in [2.24, 2.45) is 0 Å². The molecule has 0 saturated carbocycles. The van der Waals surface area contributed by atoms with Crippen molar-refractivity contribution in [2.75, 3.05) is 0 Å². The zero-order valence-electron chi connectivity index (χ0n) is 16.1. The molecule has 0 atom stereocenters. The second-order valence-corrected chi connectivity index (χ2v) is 6.81. The number of ketones is 1. The van der Waals surface area contributed by atoms with Crippen molar-refractivity contribution in [3.05, 3.63) is 106 Å². The maximum Gasteiger partial charge on any atom is 0.259 e. The average Bonchev–Trinajstić information content (AvgIpc) is 2.76. The van der Waals surface area contributed by atoms with Crippen LogP contribution in [0.25, 0.3) is 22.0 Å². The molecule has 3 nitrogen and oxygen atoms in total.